The van der Waals surface area contributed by atoms with Crippen LogP contribution < -0.4 is 0 Å². The van der Waals surface area contributed by atoms with Crippen LogP contribution in [0.25, 0.3) is 0 Å². The SMILES string of the molecule is N#C[C@H]1CCS(=O)(=O)C1. The maximum atomic E-state index is 10.6. The molecule has 1 rings (SSSR count). The molecular formula is C5H7NO2S. The molecule has 50 valence electrons. The molecule has 0 N–H and O–H groups in total. The van der Waals surface area contributed by atoms with Crippen molar-refractivity contribution in [3.8, 4) is 6.07 Å². The Kier molecular flexibility index (Phi) is 1.45. The highest BCUT2D eigenvalue weighted by atomic mass is 32.2. The summed E-state index contributed by atoms with van der Waals surface area (Å²) in [6.45, 7) is 0. The first-order valence-corrected chi connectivity index (χ1v) is 4.56. The van der Waals surface area contributed by atoms with Gasteiger partial charge in [0.25, 0.3) is 0 Å². The van der Waals surface area contributed by atoms with E-state index in [9.17, 15) is 8.42 Å². The summed E-state index contributed by atoms with van der Waals surface area (Å²) in [5.41, 5.74) is 0. The lowest BCUT2D eigenvalue weighted by molar-refractivity contribution is 0.601. The van der Waals surface area contributed by atoms with E-state index in [0.29, 0.717) is 6.42 Å². The monoisotopic (exact) mass is 145 g/mol. The van der Waals surface area contributed by atoms with Crippen LogP contribution in [0.5, 0.6) is 0 Å². The number of rotatable bonds is 0. The summed E-state index contributed by atoms with van der Waals surface area (Å²) in [5.74, 6) is 0.0318. The quantitative estimate of drug-likeness (QED) is 0.480. The predicted octanol–water partition coefficient (Wildman–Crippen LogP) is -0.0553. The molecule has 1 heterocycles. The lowest BCUT2D eigenvalue weighted by Gasteiger charge is -1.87. The van der Waals surface area contributed by atoms with Gasteiger partial charge >= 0.3 is 0 Å². The van der Waals surface area contributed by atoms with Crippen LogP contribution in [0.2, 0.25) is 0 Å². The molecule has 1 saturated heterocycles. The molecule has 9 heavy (non-hydrogen) atoms. The van der Waals surface area contributed by atoms with Crippen LogP contribution in [0, 0.1) is 17.2 Å². The number of hydrogen-bond acceptors (Lipinski definition) is 3. The fourth-order valence-electron chi connectivity index (χ4n) is 0.897. The van der Waals surface area contributed by atoms with Crippen LogP contribution in [0.1, 0.15) is 6.42 Å². The fraction of sp³-hybridized carbons (Fsp3) is 0.800. The summed E-state index contributed by atoms with van der Waals surface area (Å²) >= 11 is 0. The van der Waals surface area contributed by atoms with E-state index < -0.39 is 9.84 Å². The molecule has 0 aromatic carbocycles. The summed E-state index contributed by atoms with van der Waals surface area (Å²) in [6.07, 6.45) is 0.527. The van der Waals surface area contributed by atoms with Crippen LogP contribution in [0.15, 0.2) is 0 Å². The number of hydrogen-bond donors (Lipinski definition) is 0. The van der Waals surface area contributed by atoms with E-state index in [1.165, 1.54) is 0 Å². The van der Waals surface area contributed by atoms with E-state index >= 15 is 0 Å². The van der Waals surface area contributed by atoms with Gasteiger partial charge < -0.3 is 0 Å². The van der Waals surface area contributed by atoms with Crippen LogP contribution in [-0.2, 0) is 9.84 Å². The van der Waals surface area contributed by atoms with Crippen molar-refractivity contribution in [3.63, 3.8) is 0 Å². The summed E-state index contributed by atoms with van der Waals surface area (Å²) in [4.78, 5) is 0. The Labute approximate surface area is 54.2 Å². The van der Waals surface area contributed by atoms with Crippen molar-refractivity contribution in [2.45, 2.75) is 6.42 Å². The highest BCUT2D eigenvalue weighted by molar-refractivity contribution is 7.91. The maximum Gasteiger partial charge on any atom is 0.151 e. The average Bonchev–Trinajstić information content (AvgIpc) is 2.10. The van der Waals surface area contributed by atoms with Gasteiger partial charge in [-0.05, 0) is 6.42 Å². The van der Waals surface area contributed by atoms with Crippen molar-refractivity contribution in [2.75, 3.05) is 11.5 Å². The van der Waals surface area contributed by atoms with Gasteiger partial charge in [0, 0.05) is 0 Å². The molecule has 0 spiro atoms. The van der Waals surface area contributed by atoms with Crippen LogP contribution >= 0.6 is 0 Å². The Balaban J connectivity index is 2.72. The van der Waals surface area contributed by atoms with Crippen molar-refractivity contribution in [1.82, 2.24) is 0 Å². The molecule has 0 aromatic heterocycles. The van der Waals surface area contributed by atoms with Crippen LogP contribution in [0.4, 0.5) is 0 Å². The Bertz CT molecular complexity index is 236. The third-order valence-electron chi connectivity index (χ3n) is 1.42. The molecule has 0 saturated carbocycles. The molecule has 0 aromatic rings. The molecule has 4 heteroatoms. The molecule has 0 unspecified atom stereocenters. The van der Waals surface area contributed by atoms with E-state index in [1.54, 1.807) is 0 Å². The molecule has 1 aliphatic rings. The zero-order chi connectivity index (χ0) is 6.91. The molecule has 1 aliphatic heterocycles. The zero-order valence-corrected chi connectivity index (χ0v) is 5.69. The third-order valence-corrected chi connectivity index (χ3v) is 3.18. The zero-order valence-electron chi connectivity index (χ0n) is 4.87. The first-order valence-electron chi connectivity index (χ1n) is 2.74. The minimum Gasteiger partial charge on any atom is -0.229 e. The molecule has 0 bridgehead atoms. The Morgan fingerprint density at radius 1 is 1.56 bits per heavy atom. The summed E-state index contributed by atoms with van der Waals surface area (Å²) in [5, 5.41) is 8.28. The smallest absolute Gasteiger partial charge is 0.151 e. The first-order chi connectivity index (χ1) is 4.14. The highest BCUT2D eigenvalue weighted by Gasteiger charge is 2.27. The van der Waals surface area contributed by atoms with Crippen molar-refractivity contribution in [1.29, 1.82) is 5.26 Å². The van der Waals surface area contributed by atoms with E-state index in [-0.39, 0.29) is 17.4 Å². The Hall–Kier alpha value is -0.560. The van der Waals surface area contributed by atoms with Crippen LogP contribution in [0.3, 0.4) is 0 Å². The van der Waals surface area contributed by atoms with Crippen molar-refractivity contribution < 1.29 is 8.42 Å². The molecule has 3 nitrogen and oxygen atoms in total. The summed E-state index contributed by atoms with van der Waals surface area (Å²) in [6, 6.07) is 1.94. The van der Waals surface area contributed by atoms with Gasteiger partial charge in [-0.15, -0.1) is 0 Å². The van der Waals surface area contributed by atoms with Crippen molar-refractivity contribution in [3.05, 3.63) is 0 Å². The van der Waals surface area contributed by atoms with E-state index in [1.807, 2.05) is 6.07 Å². The van der Waals surface area contributed by atoms with Crippen molar-refractivity contribution >= 4 is 9.84 Å². The Morgan fingerprint density at radius 3 is 2.44 bits per heavy atom. The lowest BCUT2D eigenvalue weighted by Crippen LogP contribution is -2.02. The second kappa shape index (κ2) is 1.99. The van der Waals surface area contributed by atoms with Crippen molar-refractivity contribution in [2.24, 2.45) is 5.92 Å². The average molecular weight is 145 g/mol. The molecule has 1 atom stereocenters. The van der Waals surface area contributed by atoms with Gasteiger partial charge in [0.15, 0.2) is 9.84 Å². The minimum absolute atomic E-state index is 0.0729. The topological polar surface area (TPSA) is 57.9 Å². The van der Waals surface area contributed by atoms with Crippen LogP contribution in [-0.4, -0.2) is 19.9 Å². The predicted molar refractivity (Wildman–Crippen MR) is 32.4 cm³/mol. The second-order valence-electron chi connectivity index (χ2n) is 2.23. The fourth-order valence-corrected chi connectivity index (χ4v) is 2.56. The van der Waals surface area contributed by atoms with Gasteiger partial charge in [-0.3, -0.25) is 0 Å². The van der Waals surface area contributed by atoms with E-state index in [4.69, 9.17) is 5.26 Å². The molecule has 0 amide bonds. The van der Waals surface area contributed by atoms with Gasteiger partial charge in [-0.25, -0.2) is 8.42 Å². The number of nitrogens with zero attached hydrogens (tertiary/aromatic N) is 1. The van der Waals surface area contributed by atoms with Gasteiger partial charge in [0.2, 0.25) is 0 Å². The van der Waals surface area contributed by atoms with Gasteiger partial charge in [0.05, 0.1) is 23.5 Å². The summed E-state index contributed by atoms with van der Waals surface area (Å²) in [7, 11) is -2.83. The van der Waals surface area contributed by atoms with E-state index in [0.717, 1.165) is 0 Å². The van der Waals surface area contributed by atoms with Gasteiger partial charge in [-0.1, -0.05) is 0 Å². The lowest BCUT2D eigenvalue weighted by atomic mass is 10.2. The molecular weight excluding hydrogens is 138 g/mol. The molecule has 0 aliphatic carbocycles. The normalized spacial score (nSPS) is 31.7. The second-order valence-corrected chi connectivity index (χ2v) is 4.46. The summed E-state index contributed by atoms with van der Waals surface area (Å²) < 4.78 is 21.3. The molecule has 1 fully saturated rings. The maximum absolute atomic E-state index is 10.6. The molecule has 0 radical (unpaired) electrons. The van der Waals surface area contributed by atoms with Gasteiger partial charge in [-0.2, -0.15) is 5.26 Å². The highest BCUT2D eigenvalue weighted by Crippen LogP contribution is 2.16. The minimum atomic E-state index is -2.83. The first kappa shape index (κ1) is 6.56. The van der Waals surface area contributed by atoms with E-state index in [2.05, 4.69) is 0 Å². The Morgan fingerprint density at radius 2 is 2.22 bits per heavy atom. The number of sulfone groups is 1. The largest absolute Gasteiger partial charge is 0.229 e. The van der Waals surface area contributed by atoms with Gasteiger partial charge in [0.1, 0.15) is 0 Å². The third kappa shape index (κ3) is 1.42. The standard InChI is InChI=1S/C5H7NO2S/c6-3-5-1-2-9(7,8)4-5/h5H,1-2,4H2/t5-/m1/s1. The number of nitriles is 1.